The van der Waals surface area contributed by atoms with Crippen LogP contribution in [0.25, 0.3) is 10.2 Å². The van der Waals surface area contributed by atoms with Gasteiger partial charge in [-0.05, 0) is 26.5 Å². The van der Waals surface area contributed by atoms with E-state index in [1.54, 1.807) is 23.1 Å². The molecule has 2 aromatic rings. The fourth-order valence-electron chi connectivity index (χ4n) is 2.54. The second-order valence-corrected chi connectivity index (χ2v) is 7.85. The Hall–Kier alpha value is -0.890. The Morgan fingerprint density at radius 3 is 2.95 bits per heavy atom. The molecule has 3 heterocycles. The summed E-state index contributed by atoms with van der Waals surface area (Å²) < 4.78 is 7.06. The van der Waals surface area contributed by atoms with E-state index in [1.165, 1.54) is 10.4 Å². The number of aliphatic hydroxyl groups is 1. The Labute approximate surface area is 138 Å². The van der Waals surface area contributed by atoms with Crippen molar-refractivity contribution in [2.45, 2.75) is 44.1 Å². The quantitative estimate of drug-likeness (QED) is 0.496. The van der Waals surface area contributed by atoms with Crippen molar-refractivity contribution in [1.82, 2.24) is 9.97 Å². The average Bonchev–Trinajstić information content (AvgIpc) is 2.83. The van der Waals surface area contributed by atoms with Crippen LogP contribution in [-0.2, 0) is 17.8 Å². The molecular formula is C15H21N3O2S2. The van der Waals surface area contributed by atoms with Gasteiger partial charge in [-0.3, -0.25) is 0 Å². The minimum absolute atomic E-state index is 0.117. The number of hydrogen-bond acceptors (Lipinski definition) is 7. The number of ether oxygens (including phenoxy) is 1. The predicted octanol–water partition coefficient (Wildman–Crippen LogP) is 3.06. The molecule has 3 rings (SSSR count). The highest BCUT2D eigenvalue weighted by Crippen LogP contribution is 2.41. The standard InChI is InChI=1S/C15H21N3O2S2/c1-15(2)7-10-9(8-20-15)11-12(22-10)13(16-5-4-6-19)18-14(17-11)21-3/h19H,4-8H2,1-3H3,(H,16,17,18). The van der Waals surface area contributed by atoms with Gasteiger partial charge >= 0.3 is 0 Å². The minimum Gasteiger partial charge on any atom is -0.396 e. The van der Waals surface area contributed by atoms with E-state index in [4.69, 9.17) is 14.8 Å². The molecule has 0 spiro atoms. The van der Waals surface area contributed by atoms with Gasteiger partial charge in [-0.25, -0.2) is 9.97 Å². The molecule has 120 valence electrons. The van der Waals surface area contributed by atoms with Crippen LogP contribution in [0.15, 0.2) is 5.16 Å². The topological polar surface area (TPSA) is 67.3 Å². The Kier molecular flexibility index (Phi) is 4.59. The lowest BCUT2D eigenvalue weighted by molar-refractivity contribution is -0.0383. The molecule has 1 aliphatic heterocycles. The Bertz CT molecular complexity index is 685. The first-order valence-electron chi connectivity index (χ1n) is 7.39. The smallest absolute Gasteiger partial charge is 0.189 e. The first-order chi connectivity index (χ1) is 10.5. The molecule has 7 heteroatoms. The van der Waals surface area contributed by atoms with Crippen LogP contribution in [0.2, 0.25) is 0 Å². The van der Waals surface area contributed by atoms with E-state index in [1.807, 2.05) is 6.26 Å². The molecule has 0 bridgehead atoms. The van der Waals surface area contributed by atoms with E-state index < -0.39 is 0 Å². The predicted molar refractivity (Wildman–Crippen MR) is 92.0 cm³/mol. The number of anilines is 1. The zero-order chi connectivity index (χ0) is 15.7. The van der Waals surface area contributed by atoms with Gasteiger partial charge in [-0.1, -0.05) is 11.8 Å². The van der Waals surface area contributed by atoms with E-state index in [9.17, 15) is 0 Å². The maximum Gasteiger partial charge on any atom is 0.189 e. The number of thiophene rings is 1. The number of rotatable bonds is 5. The zero-order valence-corrected chi connectivity index (χ0v) is 14.7. The maximum atomic E-state index is 8.96. The van der Waals surface area contributed by atoms with Gasteiger partial charge in [0, 0.05) is 30.0 Å². The summed E-state index contributed by atoms with van der Waals surface area (Å²) in [6.45, 7) is 5.75. The van der Waals surface area contributed by atoms with E-state index in [2.05, 4.69) is 24.1 Å². The second-order valence-electron chi connectivity index (χ2n) is 5.97. The van der Waals surface area contributed by atoms with Gasteiger partial charge in [0.1, 0.15) is 5.82 Å². The van der Waals surface area contributed by atoms with Crippen molar-refractivity contribution in [3.63, 3.8) is 0 Å². The first-order valence-corrected chi connectivity index (χ1v) is 9.43. The van der Waals surface area contributed by atoms with Crippen LogP contribution in [0.3, 0.4) is 0 Å². The van der Waals surface area contributed by atoms with Crippen molar-refractivity contribution in [3.05, 3.63) is 10.4 Å². The van der Waals surface area contributed by atoms with Gasteiger partial charge in [0.25, 0.3) is 0 Å². The van der Waals surface area contributed by atoms with Gasteiger partial charge in [-0.15, -0.1) is 11.3 Å². The first kappa shape index (κ1) is 16.0. The number of thioether (sulfide) groups is 1. The van der Waals surface area contributed by atoms with E-state index >= 15 is 0 Å². The van der Waals surface area contributed by atoms with Crippen LogP contribution in [0.4, 0.5) is 5.82 Å². The fourth-order valence-corrected chi connectivity index (χ4v) is 4.33. The molecule has 5 nitrogen and oxygen atoms in total. The molecule has 0 radical (unpaired) electrons. The van der Waals surface area contributed by atoms with Crippen LogP contribution in [0.5, 0.6) is 0 Å². The van der Waals surface area contributed by atoms with Gasteiger partial charge in [0.05, 0.1) is 22.4 Å². The molecule has 0 atom stereocenters. The average molecular weight is 339 g/mol. The molecule has 2 aromatic heterocycles. The molecule has 2 N–H and O–H groups in total. The number of nitrogens with zero attached hydrogens (tertiary/aromatic N) is 2. The lowest BCUT2D eigenvalue weighted by Crippen LogP contribution is -2.30. The summed E-state index contributed by atoms with van der Waals surface area (Å²) in [5.41, 5.74) is 2.11. The third-order valence-electron chi connectivity index (χ3n) is 3.70. The fraction of sp³-hybridized carbons (Fsp3) is 0.600. The molecule has 22 heavy (non-hydrogen) atoms. The number of aliphatic hydroxyl groups excluding tert-OH is 1. The molecule has 0 aliphatic carbocycles. The van der Waals surface area contributed by atoms with E-state index in [0.29, 0.717) is 19.6 Å². The summed E-state index contributed by atoms with van der Waals surface area (Å²) in [7, 11) is 0. The van der Waals surface area contributed by atoms with Crippen molar-refractivity contribution in [3.8, 4) is 0 Å². The van der Waals surface area contributed by atoms with Crippen LogP contribution in [0.1, 0.15) is 30.7 Å². The summed E-state index contributed by atoms with van der Waals surface area (Å²) in [6.07, 6.45) is 3.60. The molecule has 0 fully saturated rings. The summed E-state index contributed by atoms with van der Waals surface area (Å²) in [4.78, 5) is 10.6. The Morgan fingerprint density at radius 2 is 2.23 bits per heavy atom. The SMILES string of the molecule is CSc1nc(NCCCO)c2sc3c(c2n1)COC(C)(C)C3. The van der Waals surface area contributed by atoms with E-state index in [0.717, 1.165) is 27.6 Å². The number of fused-ring (bicyclic) bond motifs is 3. The number of nitrogens with one attached hydrogen (secondary N) is 1. The second kappa shape index (κ2) is 6.31. The van der Waals surface area contributed by atoms with Crippen LogP contribution in [-0.4, -0.2) is 40.1 Å². The largest absolute Gasteiger partial charge is 0.396 e. The lowest BCUT2D eigenvalue weighted by Gasteiger charge is -2.29. The van der Waals surface area contributed by atoms with Gasteiger partial charge in [-0.2, -0.15) is 0 Å². The maximum absolute atomic E-state index is 8.96. The highest BCUT2D eigenvalue weighted by atomic mass is 32.2. The highest BCUT2D eigenvalue weighted by molar-refractivity contribution is 7.98. The lowest BCUT2D eigenvalue weighted by atomic mass is 9.98. The van der Waals surface area contributed by atoms with Crippen molar-refractivity contribution >= 4 is 39.1 Å². The third-order valence-corrected chi connectivity index (χ3v) is 5.47. The minimum atomic E-state index is -0.117. The Balaban J connectivity index is 2.05. The number of aromatic nitrogens is 2. The molecule has 1 aliphatic rings. The monoisotopic (exact) mass is 339 g/mol. The third kappa shape index (κ3) is 3.08. The van der Waals surface area contributed by atoms with Crippen LogP contribution >= 0.6 is 23.1 Å². The summed E-state index contributed by atoms with van der Waals surface area (Å²) in [5.74, 6) is 0.875. The molecule has 0 aromatic carbocycles. The van der Waals surface area contributed by atoms with Crippen LogP contribution in [0, 0.1) is 0 Å². The van der Waals surface area contributed by atoms with Gasteiger partial charge < -0.3 is 15.2 Å². The van der Waals surface area contributed by atoms with Gasteiger partial charge in [0.2, 0.25) is 0 Å². The highest BCUT2D eigenvalue weighted by Gasteiger charge is 2.30. The summed E-state index contributed by atoms with van der Waals surface area (Å²) in [5, 5.41) is 13.1. The van der Waals surface area contributed by atoms with Crippen LogP contribution < -0.4 is 5.32 Å². The van der Waals surface area contributed by atoms with Crippen molar-refractivity contribution in [2.75, 3.05) is 24.7 Å². The van der Waals surface area contributed by atoms with E-state index in [-0.39, 0.29) is 12.2 Å². The number of hydrogen-bond donors (Lipinski definition) is 2. The molecule has 0 saturated carbocycles. The molecule has 0 saturated heterocycles. The van der Waals surface area contributed by atoms with Gasteiger partial charge in [0.15, 0.2) is 5.16 Å². The molecule has 0 amide bonds. The summed E-state index contributed by atoms with van der Waals surface area (Å²) >= 11 is 3.31. The van der Waals surface area contributed by atoms with Crippen molar-refractivity contribution in [2.24, 2.45) is 0 Å². The Morgan fingerprint density at radius 1 is 1.41 bits per heavy atom. The summed E-state index contributed by atoms with van der Waals surface area (Å²) in [6, 6.07) is 0. The molecular weight excluding hydrogens is 318 g/mol. The van der Waals surface area contributed by atoms with Crippen molar-refractivity contribution in [1.29, 1.82) is 0 Å². The zero-order valence-electron chi connectivity index (χ0n) is 13.1. The van der Waals surface area contributed by atoms with Crippen molar-refractivity contribution < 1.29 is 9.84 Å². The molecule has 0 unspecified atom stereocenters. The normalized spacial score (nSPS) is 16.7.